The van der Waals surface area contributed by atoms with Gasteiger partial charge in [0.1, 0.15) is 6.10 Å². The summed E-state index contributed by atoms with van der Waals surface area (Å²) in [5.41, 5.74) is 0. The normalized spacial score (nSPS) is 11.1. The van der Waals surface area contributed by atoms with E-state index in [0.29, 0.717) is 0 Å². The summed E-state index contributed by atoms with van der Waals surface area (Å²) in [7, 11) is 0. The average molecular weight is 174 g/mol. The largest absolute Gasteiger partial charge is 0.479 e. The first-order chi connectivity index (χ1) is 5.14. The summed E-state index contributed by atoms with van der Waals surface area (Å²) in [6.45, 7) is 1.20. The minimum Gasteiger partial charge on any atom is -0.479 e. The monoisotopic (exact) mass is 174 g/mol. The Morgan fingerprint density at radius 1 is 1.45 bits per heavy atom. The molecule has 0 aliphatic rings. The van der Waals surface area contributed by atoms with E-state index in [-0.39, 0.29) is 0 Å². The molecule has 2 N–H and O–H groups in total. The van der Waals surface area contributed by atoms with Crippen LogP contribution >= 0.6 is 11.3 Å². The van der Waals surface area contributed by atoms with E-state index in [9.17, 15) is 4.79 Å². The van der Waals surface area contributed by atoms with Crippen LogP contribution in [-0.4, -0.2) is 22.3 Å². The lowest BCUT2D eigenvalue weighted by Crippen LogP contribution is -2.13. The van der Waals surface area contributed by atoms with Crippen LogP contribution in [0.3, 0.4) is 0 Å². The summed E-state index contributed by atoms with van der Waals surface area (Å²) >= 11 is 1.71. The molecule has 0 saturated carbocycles. The van der Waals surface area contributed by atoms with Crippen LogP contribution in [0.5, 0.6) is 0 Å². The predicted molar refractivity (Wildman–Crippen MR) is 43.6 cm³/mol. The Labute approximate surface area is 68.9 Å². The Kier molecular flexibility index (Phi) is 5.42. The van der Waals surface area contributed by atoms with Gasteiger partial charge in [0.2, 0.25) is 0 Å². The molecular weight excluding hydrogens is 164 g/mol. The van der Waals surface area contributed by atoms with Gasteiger partial charge in [-0.05, 0) is 17.7 Å². The molecule has 0 aliphatic carbocycles. The Morgan fingerprint density at radius 2 is 1.82 bits per heavy atom. The zero-order valence-corrected chi connectivity index (χ0v) is 6.91. The van der Waals surface area contributed by atoms with Crippen LogP contribution in [0.1, 0.15) is 6.92 Å². The molecule has 4 heteroatoms. The Balaban J connectivity index is 0.000000183. The number of aliphatic carboxylic acids is 1. The summed E-state index contributed by atoms with van der Waals surface area (Å²) in [4.78, 5) is 9.45. The van der Waals surface area contributed by atoms with Gasteiger partial charge in [0.05, 0.1) is 0 Å². The zero-order chi connectivity index (χ0) is 8.69. The van der Waals surface area contributed by atoms with Gasteiger partial charge in [0.15, 0.2) is 0 Å². The topological polar surface area (TPSA) is 57.5 Å². The first kappa shape index (κ1) is 10.1. The van der Waals surface area contributed by atoms with Crippen molar-refractivity contribution in [3.63, 3.8) is 0 Å². The SMILES string of the molecule is CC(O)C(=O)O.c1ccsc1. The molecule has 0 aromatic carbocycles. The summed E-state index contributed by atoms with van der Waals surface area (Å²) in [6.07, 6.45) is -1.23. The highest BCUT2D eigenvalue weighted by Crippen LogP contribution is 1.91. The van der Waals surface area contributed by atoms with Crippen molar-refractivity contribution in [2.75, 3.05) is 0 Å². The molecule has 0 aliphatic heterocycles. The standard InChI is InChI=1S/C4H4S.C3H6O3/c1-2-4-5-3-1;1-2(4)3(5)6/h1-4H;2,4H,1H3,(H,5,6). The van der Waals surface area contributed by atoms with Crippen LogP contribution < -0.4 is 0 Å². The lowest BCUT2D eigenvalue weighted by atomic mass is 10.4. The van der Waals surface area contributed by atoms with Crippen molar-refractivity contribution in [1.29, 1.82) is 0 Å². The maximum atomic E-state index is 9.45. The molecule has 1 unspecified atom stereocenters. The van der Waals surface area contributed by atoms with Crippen LogP contribution in [0.25, 0.3) is 0 Å². The zero-order valence-electron chi connectivity index (χ0n) is 6.10. The van der Waals surface area contributed by atoms with Gasteiger partial charge in [0, 0.05) is 0 Å². The predicted octanol–water partition coefficient (Wildman–Crippen LogP) is 1.20. The number of carbonyl (C=O) groups is 1. The van der Waals surface area contributed by atoms with Crippen molar-refractivity contribution in [3.8, 4) is 0 Å². The third-order valence-corrected chi connectivity index (χ3v) is 1.41. The van der Waals surface area contributed by atoms with Gasteiger partial charge in [-0.3, -0.25) is 0 Å². The maximum Gasteiger partial charge on any atom is 0.332 e. The number of carboxylic acid groups (broad SMARTS) is 1. The molecule has 0 bridgehead atoms. The smallest absolute Gasteiger partial charge is 0.332 e. The maximum absolute atomic E-state index is 9.45. The number of hydrogen-bond acceptors (Lipinski definition) is 3. The number of aliphatic hydroxyl groups excluding tert-OH is 1. The van der Waals surface area contributed by atoms with Gasteiger partial charge in [-0.25, -0.2) is 4.79 Å². The van der Waals surface area contributed by atoms with Crippen molar-refractivity contribution in [2.24, 2.45) is 0 Å². The number of thiophene rings is 1. The van der Waals surface area contributed by atoms with Crippen molar-refractivity contribution < 1.29 is 15.0 Å². The molecule has 1 aromatic heterocycles. The van der Waals surface area contributed by atoms with Gasteiger partial charge < -0.3 is 10.2 Å². The first-order valence-corrected chi connectivity index (χ1v) is 3.97. The summed E-state index contributed by atoms with van der Waals surface area (Å²) in [5.74, 6) is -1.19. The van der Waals surface area contributed by atoms with Gasteiger partial charge in [-0.2, -0.15) is 11.3 Å². The second-order valence-corrected chi connectivity index (χ2v) is 2.62. The number of hydrogen-bond donors (Lipinski definition) is 2. The molecule has 3 nitrogen and oxygen atoms in total. The highest BCUT2D eigenvalue weighted by Gasteiger charge is 2.01. The van der Waals surface area contributed by atoms with Crippen molar-refractivity contribution >= 4 is 17.3 Å². The van der Waals surface area contributed by atoms with Crippen molar-refractivity contribution in [3.05, 3.63) is 22.9 Å². The van der Waals surface area contributed by atoms with Crippen LogP contribution in [0, 0.1) is 0 Å². The molecule has 0 spiro atoms. The lowest BCUT2D eigenvalue weighted by molar-refractivity contribution is -0.145. The number of aliphatic hydroxyl groups is 1. The molecule has 1 heterocycles. The molecule has 1 rings (SSSR count). The van der Waals surface area contributed by atoms with E-state index in [1.165, 1.54) is 6.92 Å². The molecule has 1 atom stereocenters. The van der Waals surface area contributed by atoms with Gasteiger partial charge in [-0.15, -0.1) is 0 Å². The molecule has 1 aromatic rings. The molecule has 0 saturated heterocycles. The van der Waals surface area contributed by atoms with E-state index >= 15 is 0 Å². The second kappa shape index (κ2) is 5.88. The van der Waals surface area contributed by atoms with Gasteiger partial charge in [0.25, 0.3) is 0 Å². The first-order valence-electron chi connectivity index (χ1n) is 3.02. The van der Waals surface area contributed by atoms with Gasteiger partial charge in [-0.1, -0.05) is 12.1 Å². The van der Waals surface area contributed by atoms with Crippen LogP contribution in [0.4, 0.5) is 0 Å². The highest BCUT2D eigenvalue weighted by molar-refractivity contribution is 7.07. The second-order valence-electron chi connectivity index (χ2n) is 1.81. The molecule has 11 heavy (non-hydrogen) atoms. The van der Waals surface area contributed by atoms with Crippen LogP contribution in [-0.2, 0) is 4.79 Å². The van der Waals surface area contributed by atoms with E-state index in [0.717, 1.165) is 0 Å². The quantitative estimate of drug-likeness (QED) is 0.672. The van der Waals surface area contributed by atoms with Crippen LogP contribution in [0.15, 0.2) is 22.9 Å². The minimum atomic E-state index is -1.23. The fourth-order valence-corrected chi connectivity index (χ4v) is 0.680. The minimum absolute atomic E-state index is 1.19. The Hall–Kier alpha value is -0.870. The van der Waals surface area contributed by atoms with E-state index in [1.54, 1.807) is 11.3 Å². The Bertz CT molecular complexity index is 164. The number of carboxylic acids is 1. The third-order valence-electron chi connectivity index (χ3n) is 0.783. The number of rotatable bonds is 1. The van der Waals surface area contributed by atoms with E-state index in [1.807, 2.05) is 22.9 Å². The fourth-order valence-electron chi connectivity index (χ4n) is 0.227. The molecule has 0 amide bonds. The highest BCUT2D eigenvalue weighted by atomic mass is 32.1. The fraction of sp³-hybridized carbons (Fsp3) is 0.286. The third kappa shape index (κ3) is 7.02. The van der Waals surface area contributed by atoms with Crippen molar-refractivity contribution in [1.82, 2.24) is 0 Å². The Morgan fingerprint density at radius 3 is 1.91 bits per heavy atom. The molecular formula is C7H10O3S. The molecule has 0 radical (unpaired) electrons. The molecule has 0 fully saturated rings. The van der Waals surface area contributed by atoms with Crippen LogP contribution in [0.2, 0.25) is 0 Å². The average Bonchev–Trinajstić information content (AvgIpc) is 2.41. The van der Waals surface area contributed by atoms with Gasteiger partial charge >= 0.3 is 5.97 Å². The lowest BCUT2D eigenvalue weighted by Gasteiger charge is -1.89. The molecule has 62 valence electrons. The van der Waals surface area contributed by atoms with E-state index < -0.39 is 12.1 Å². The van der Waals surface area contributed by atoms with Crippen molar-refractivity contribution in [2.45, 2.75) is 13.0 Å². The summed E-state index contributed by atoms with van der Waals surface area (Å²) < 4.78 is 0. The van der Waals surface area contributed by atoms with E-state index in [2.05, 4.69) is 0 Å². The summed E-state index contributed by atoms with van der Waals surface area (Å²) in [5, 5.41) is 19.9. The van der Waals surface area contributed by atoms with E-state index in [4.69, 9.17) is 10.2 Å². The summed E-state index contributed by atoms with van der Waals surface area (Å²) in [6, 6.07) is 4.04.